The molecule has 0 aromatic carbocycles. The summed E-state index contributed by atoms with van der Waals surface area (Å²) in [4.78, 5) is 8.53. The van der Waals surface area contributed by atoms with Crippen LogP contribution in [0.15, 0.2) is 30.6 Å². The fourth-order valence-electron chi connectivity index (χ4n) is 2.97. The van der Waals surface area contributed by atoms with Gasteiger partial charge in [0.05, 0.1) is 17.5 Å². The van der Waals surface area contributed by atoms with Gasteiger partial charge in [0, 0.05) is 23.0 Å². The van der Waals surface area contributed by atoms with E-state index in [1.165, 1.54) is 12.3 Å². The van der Waals surface area contributed by atoms with E-state index in [9.17, 15) is 8.78 Å². The third-order valence-electron chi connectivity index (χ3n) is 4.04. The van der Waals surface area contributed by atoms with E-state index in [4.69, 9.17) is 10.5 Å². The van der Waals surface area contributed by atoms with E-state index in [0.29, 0.717) is 11.6 Å². The molecule has 2 heterocycles. The Bertz CT molecular complexity index is 733. The van der Waals surface area contributed by atoms with E-state index in [-0.39, 0.29) is 17.9 Å². The first-order chi connectivity index (χ1) is 12.2. The maximum absolute atomic E-state index is 13.5. The molecule has 0 aliphatic heterocycles. The molecule has 0 bridgehead atoms. The molecule has 0 unspecified atom stereocenters. The Labute approximate surface area is 153 Å². The average molecular weight is 363 g/mol. The van der Waals surface area contributed by atoms with Crippen molar-refractivity contribution in [2.24, 2.45) is 11.7 Å². The maximum Gasteiger partial charge on any atom is 0.267 e. The lowest BCUT2D eigenvalue weighted by Crippen LogP contribution is -2.43. The highest BCUT2D eigenvalue weighted by Gasteiger charge is 2.23. The normalized spacial score (nSPS) is 13.9. The summed E-state index contributed by atoms with van der Waals surface area (Å²) in [6.07, 6.45) is 1.86. The number of halogens is 2. The molecule has 0 saturated carbocycles. The van der Waals surface area contributed by atoms with E-state index < -0.39 is 12.0 Å². The average Bonchev–Trinajstić information content (AvgIpc) is 2.58. The number of hydrogen-bond donors (Lipinski definition) is 1. The number of rotatable bonds is 8. The molecular weight excluding hydrogens is 336 g/mol. The van der Waals surface area contributed by atoms with Gasteiger partial charge in [0.1, 0.15) is 12.4 Å². The molecule has 2 aromatic rings. The standard InChI is InChI=1S/C20H27F2N3O/c1-5-15-8-14(6-7-24-15)17-9-16(19(21)22)18(11-25-17)26-12-20(4,23)10-13(2)3/h6-9,11,13,19H,5,10,12,23H2,1-4H3/t20-/m0/s1. The lowest BCUT2D eigenvalue weighted by atomic mass is 9.93. The molecule has 26 heavy (non-hydrogen) atoms. The summed E-state index contributed by atoms with van der Waals surface area (Å²) in [6, 6.07) is 5.00. The van der Waals surface area contributed by atoms with Gasteiger partial charge < -0.3 is 10.5 Å². The fraction of sp³-hybridized carbons (Fsp3) is 0.500. The van der Waals surface area contributed by atoms with Gasteiger partial charge in [-0.2, -0.15) is 0 Å². The van der Waals surface area contributed by atoms with E-state index in [1.54, 1.807) is 12.3 Å². The number of alkyl halides is 2. The Morgan fingerprint density at radius 2 is 1.96 bits per heavy atom. The molecular formula is C20H27F2N3O. The minimum Gasteiger partial charge on any atom is -0.490 e. The van der Waals surface area contributed by atoms with Crippen LogP contribution in [0.2, 0.25) is 0 Å². The quantitative estimate of drug-likeness (QED) is 0.733. The summed E-state index contributed by atoms with van der Waals surface area (Å²) in [5.74, 6) is 0.470. The molecule has 6 heteroatoms. The Morgan fingerprint density at radius 3 is 2.58 bits per heavy atom. The highest BCUT2D eigenvalue weighted by atomic mass is 19.3. The highest BCUT2D eigenvalue weighted by Crippen LogP contribution is 2.32. The summed E-state index contributed by atoms with van der Waals surface area (Å²) in [5, 5.41) is 0. The van der Waals surface area contributed by atoms with Gasteiger partial charge in [0.2, 0.25) is 0 Å². The Morgan fingerprint density at radius 1 is 1.23 bits per heavy atom. The van der Waals surface area contributed by atoms with Crippen molar-refractivity contribution in [2.75, 3.05) is 6.61 Å². The first-order valence-electron chi connectivity index (χ1n) is 8.87. The van der Waals surface area contributed by atoms with Crippen LogP contribution in [0.1, 0.15) is 51.8 Å². The van der Waals surface area contributed by atoms with Gasteiger partial charge in [-0.05, 0) is 43.9 Å². The maximum atomic E-state index is 13.5. The lowest BCUT2D eigenvalue weighted by Gasteiger charge is -2.27. The van der Waals surface area contributed by atoms with E-state index in [0.717, 1.165) is 24.1 Å². The van der Waals surface area contributed by atoms with Gasteiger partial charge in [-0.25, -0.2) is 8.78 Å². The molecule has 0 spiro atoms. The second kappa shape index (κ2) is 8.54. The van der Waals surface area contributed by atoms with Gasteiger partial charge in [-0.3, -0.25) is 9.97 Å². The van der Waals surface area contributed by atoms with Crippen LogP contribution >= 0.6 is 0 Å². The fourth-order valence-corrected chi connectivity index (χ4v) is 2.97. The zero-order chi connectivity index (χ0) is 19.3. The minimum absolute atomic E-state index is 0.0777. The predicted octanol–water partition coefficient (Wildman–Crippen LogP) is 4.79. The largest absolute Gasteiger partial charge is 0.490 e. The van der Waals surface area contributed by atoms with Gasteiger partial charge in [0.15, 0.2) is 0 Å². The van der Waals surface area contributed by atoms with Crippen LogP contribution in [0.5, 0.6) is 5.75 Å². The minimum atomic E-state index is -2.66. The molecule has 0 fully saturated rings. The molecule has 4 nitrogen and oxygen atoms in total. The molecule has 1 atom stereocenters. The number of ether oxygens (including phenoxy) is 1. The van der Waals surface area contributed by atoms with Gasteiger partial charge in [-0.1, -0.05) is 20.8 Å². The summed E-state index contributed by atoms with van der Waals surface area (Å²) in [5.41, 5.74) is 7.56. The Kier molecular flexibility index (Phi) is 6.64. The molecule has 142 valence electrons. The van der Waals surface area contributed by atoms with Crippen LogP contribution in [0.25, 0.3) is 11.3 Å². The van der Waals surface area contributed by atoms with Gasteiger partial charge in [-0.15, -0.1) is 0 Å². The molecule has 2 aromatic heterocycles. The van der Waals surface area contributed by atoms with Crippen LogP contribution in [-0.4, -0.2) is 22.1 Å². The molecule has 0 aliphatic rings. The third kappa shape index (κ3) is 5.46. The predicted molar refractivity (Wildman–Crippen MR) is 99.3 cm³/mol. The van der Waals surface area contributed by atoms with Crippen molar-refractivity contribution < 1.29 is 13.5 Å². The van der Waals surface area contributed by atoms with Crippen molar-refractivity contribution >= 4 is 0 Å². The number of aromatic nitrogens is 2. The second-order valence-electron chi connectivity index (χ2n) is 7.34. The smallest absolute Gasteiger partial charge is 0.267 e. The second-order valence-corrected chi connectivity index (χ2v) is 7.34. The number of pyridine rings is 2. The lowest BCUT2D eigenvalue weighted by molar-refractivity contribution is 0.139. The summed E-state index contributed by atoms with van der Waals surface area (Å²) in [7, 11) is 0. The monoisotopic (exact) mass is 363 g/mol. The van der Waals surface area contributed by atoms with Crippen molar-refractivity contribution in [2.45, 2.75) is 52.5 Å². The summed E-state index contributed by atoms with van der Waals surface area (Å²) in [6.45, 7) is 8.12. The van der Waals surface area contributed by atoms with Crippen LogP contribution < -0.4 is 10.5 Å². The zero-order valence-corrected chi connectivity index (χ0v) is 15.8. The number of hydrogen-bond acceptors (Lipinski definition) is 4. The molecule has 2 N–H and O–H groups in total. The Hall–Kier alpha value is -2.08. The third-order valence-corrected chi connectivity index (χ3v) is 4.04. The topological polar surface area (TPSA) is 61.0 Å². The molecule has 0 radical (unpaired) electrons. The van der Waals surface area contributed by atoms with Crippen molar-refractivity contribution in [3.63, 3.8) is 0 Å². The van der Waals surface area contributed by atoms with Gasteiger partial charge >= 0.3 is 0 Å². The van der Waals surface area contributed by atoms with Crippen LogP contribution in [0, 0.1) is 5.92 Å². The van der Waals surface area contributed by atoms with Crippen molar-refractivity contribution in [3.8, 4) is 17.0 Å². The van der Waals surface area contributed by atoms with Gasteiger partial charge in [0.25, 0.3) is 6.43 Å². The Balaban J connectivity index is 2.26. The molecule has 0 saturated heterocycles. The van der Waals surface area contributed by atoms with Crippen molar-refractivity contribution in [3.05, 3.63) is 41.9 Å². The first-order valence-corrected chi connectivity index (χ1v) is 8.87. The van der Waals surface area contributed by atoms with E-state index in [2.05, 4.69) is 23.8 Å². The first kappa shape index (κ1) is 20.2. The number of nitrogens with two attached hydrogens (primary N) is 1. The van der Waals surface area contributed by atoms with E-state index in [1.807, 2.05) is 19.9 Å². The number of aryl methyl sites for hydroxylation is 1. The highest BCUT2D eigenvalue weighted by molar-refractivity contribution is 5.61. The zero-order valence-electron chi connectivity index (χ0n) is 15.8. The van der Waals surface area contributed by atoms with E-state index >= 15 is 0 Å². The number of nitrogens with zero attached hydrogens (tertiary/aromatic N) is 2. The summed E-state index contributed by atoms with van der Waals surface area (Å²) >= 11 is 0. The van der Waals surface area contributed by atoms with Crippen molar-refractivity contribution in [1.29, 1.82) is 0 Å². The SMILES string of the molecule is CCc1cc(-c2cc(C(F)F)c(OC[C@@](C)(N)CC(C)C)cn2)ccn1. The molecule has 0 aliphatic carbocycles. The summed E-state index contributed by atoms with van der Waals surface area (Å²) < 4.78 is 32.7. The van der Waals surface area contributed by atoms with Crippen LogP contribution in [0.3, 0.4) is 0 Å². The van der Waals surface area contributed by atoms with Crippen LogP contribution in [0.4, 0.5) is 8.78 Å². The van der Waals surface area contributed by atoms with Crippen molar-refractivity contribution in [1.82, 2.24) is 9.97 Å². The van der Waals surface area contributed by atoms with Crippen LogP contribution in [-0.2, 0) is 6.42 Å². The molecule has 0 amide bonds. The molecule has 2 rings (SSSR count).